The van der Waals surface area contributed by atoms with Gasteiger partial charge >= 0.3 is 0 Å². The zero-order valence-corrected chi connectivity index (χ0v) is 16.9. The number of carbonyl (C=O) groups excluding carboxylic acids is 1. The summed E-state index contributed by atoms with van der Waals surface area (Å²) in [6, 6.07) is 17.1. The molecular weight excluding hydrogens is 382 g/mol. The molecule has 0 saturated carbocycles. The van der Waals surface area contributed by atoms with Crippen LogP contribution >= 0.6 is 0 Å². The van der Waals surface area contributed by atoms with Crippen molar-refractivity contribution in [2.24, 2.45) is 5.73 Å². The van der Waals surface area contributed by atoms with E-state index in [2.05, 4.69) is 4.98 Å². The Morgan fingerprint density at radius 3 is 2.40 bits per heavy atom. The van der Waals surface area contributed by atoms with E-state index in [9.17, 15) is 4.79 Å². The second kappa shape index (κ2) is 7.79. The van der Waals surface area contributed by atoms with E-state index in [0.717, 1.165) is 22.3 Å². The Morgan fingerprint density at radius 1 is 0.933 bits per heavy atom. The van der Waals surface area contributed by atoms with Gasteiger partial charge in [-0.05, 0) is 35.9 Å². The maximum atomic E-state index is 12.3. The molecule has 7 nitrogen and oxygen atoms in total. The number of rotatable bonds is 6. The number of fused-ring (bicyclic) bond motifs is 1. The number of carbonyl (C=O) groups is 1. The Hall–Kier alpha value is -4.00. The lowest BCUT2D eigenvalue weighted by Gasteiger charge is -2.19. The van der Waals surface area contributed by atoms with Gasteiger partial charge in [0.25, 0.3) is 0 Å². The molecule has 1 heterocycles. The normalized spacial score (nSPS) is 10.8. The van der Waals surface area contributed by atoms with Crippen LogP contribution in [0, 0.1) is 0 Å². The summed E-state index contributed by atoms with van der Waals surface area (Å²) in [7, 11) is 4.52. The number of benzene rings is 3. The monoisotopic (exact) mass is 403 g/mol. The molecule has 2 N–H and O–H groups in total. The maximum Gasteiger partial charge on any atom is 0.249 e. The first-order chi connectivity index (χ1) is 14.6. The zero-order chi connectivity index (χ0) is 21.3. The number of primary amides is 1. The predicted octanol–water partition coefficient (Wildman–Crippen LogP) is 3.82. The molecule has 1 aromatic heterocycles. The van der Waals surface area contributed by atoms with Crippen molar-refractivity contribution >= 4 is 16.9 Å². The number of imidazole rings is 1. The molecule has 30 heavy (non-hydrogen) atoms. The van der Waals surface area contributed by atoms with Gasteiger partial charge in [-0.25, -0.2) is 4.98 Å². The van der Waals surface area contributed by atoms with Crippen molar-refractivity contribution in [3.05, 3.63) is 66.5 Å². The summed E-state index contributed by atoms with van der Waals surface area (Å²) < 4.78 is 18.5. The van der Waals surface area contributed by atoms with Crippen LogP contribution < -0.4 is 19.9 Å². The fourth-order valence-electron chi connectivity index (χ4n) is 3.61. The molecule has 0 bridgehead atoms. The van der Waals surface area contributed by atoms with Crippen LogP contribution in [0.4, 0.5) is 0 Å². The largest absolute Gasteiger partial charge is 0.493 e. The molecule has 152 valence electrons. The molecule has 0 aliphatic rings. The molecule has 0 atom stereocenters. The quantitative estimate of drug-likeness (QED) is 0.529. The number of amides is 1. The molecule has 0 aliphatic carbocycles. The van der Waals surface area contributed by atoms with Crippen molar-refractivity contribution in [3.8, 4) is 34.1 Å². The van der Waals surface area contributed by atoms with Crippen LogP contribution in [0.25, 0.3) is 27.8 Å². The van der Waals surface area contributed by atoms with E-state index < -0.39 is 5.91 Å². The second-order valence-corrected chi connectivity index (χ2v) is 6.59. The molecule has 0 saturated heterocycles. The van der Waals surface area contributed by atoms with Gasteiger partial charge in [0.2, 0.25) is 11.7 Å². The van der Waals surface area contributed by atoms with Crippen LogP contribution in [0.3, 0.4) is 0 Å². The number of nitrogens with two attached hydrogens (primary N) is 1. The minimum Gasteiger partial charge on any atom is -0.493 e. The van der Waals surface area contributed by atoms with Gasteiger partial charge in [-0.1, -0.05) is 24.3 Å². The highest BCUT2D eigenvalue weighted by atomic mass is 16.5. The van der Waals surface area contributed by atoms with Crippen LogP contribution in [0.15, 0.2) is 60.9 Å². The first-order valence-corrected chi connectivity index (χ1v) is 9.24. The van der Waals surface area contributed by atoms with E-state index >= 15 is 0 Å². The van der Waals surface area contributed by atoms with E-state index in [-0.39, 0.29) is 5.56 Å². The van der Waals surface area contributed by atoms with Gasteiger partial charge in [0, 0.05) is 11.3 Å². The highest BCUT2D eigenvalue weighted by Crippen LogP contribution is 2.47. The third-order valence-corrected chi connectivity index (χ3v) is 4.96. The molecule has 0 aliphatic heterocycles. The van der Waals surface area contributed by atoms with E-state index in [4.69, 9.17) is 19.9 Å². The summed E-state index contributed by atoms with van der Waals surface area (Å²) in [6.45, 7) is 0. The van der Waals surface area contributed by atoms with Crippen LogP contribution in [-0.2, 0) is 0 Å². The lowest BCUT2D eigenvalue weighted by atomic mass is 9.96. The Kier molecular flexibility index (Phi) is 5.02. The number of para-hydroxylation sites is 2. The van der Waals surface area contributed by atoms with Crippen molar-refractivity contribution in [1.29, 1.82) is 0 Å². The Bertz CT molecular complexity index is 1250. The molecule has 0 spiro atoms. The zero-order valence-electron chi connectivity index (χ0n) is 16.9. The van der Waals surface area contributed by atoms with Crippen molar-refractivity contribution in [2.75, 3.05) is 21.3 Å². The predicted molar refractivity (Wildman–Crippen MR) is 115 cm³/mol. The molecular formula is C23H21N3O4. The summed E-state index contributed by atoms with van der Waals surface area (Å²) >= 11 is 0. The number of methoxy groups -OCH3 is 3. The highest BCUT2D eigenvalue weighted by molar-refractivity contribution is 6.03. The Morgan fingerprint density at radius 2 is 1.70 bits per heavy atom. The summed E-state index contributed by atoms with van der Waals surface area (Å²) in [5.74, 6) is 0.531. The van der Waals surface area contributed by atoms with Crippen LogP contribution in [0.1, 0.15) is 10.4 Å². The first-order valence-electron chi connectivity index (χ1n) is 9.24. The topological polar surface area (TPSA) is 88.6 Å². The molecule has 4 aromatic rings. The summed E-state index contributed by atoms with van der Waals surface area (Å²) in [6.07, 6.45) is 1.77. The first kappa shape index (κ1) is 19.3. The van der Waals surface area contributed by atoms with Crippen molar-refractivity contribution in [1.82, 2.24) is 9.55 Å². The van der Waals surface area contributed by atoms with Gasteiger partial charge < -0.3 is 19.9 Å². The van der Waals surface area contributed by atoms with Gasteiger partial charge in [-0.3, -0.25) is 9.36 Å². The summed E-state index contributed by atoms with van der Waals surface area (Å²) in [5, 5.41) is 0. The van der Waals surface area contributed by atoms with Gasteiger partial charge in [0.05, 0.1) is 37.9 Å². The maximum absolute atomic E-state index is 12.3. The van der Waals surface area contributed by atoms with E-state index in [1.807, 2.05) is 53.1 Å². The molecule has 7 heteroatoms. The van der Waals surface area contributed by atoms with E-state index in [0.29, 0.717) is 22.8 Å². The van der Waals surface area contributed by atoms with Gasteiger partial charge in [-0.2, -0.15) is 0 Å². The van der Waals surface area contributed by atoms with E-state index in [1.165, 1.54) is 21.3 Å². The second-order valence-electron chi connectivity index (χ2n) is 6.59. The average molecular weight is 403 g/mol. The lowest BCUT2D eigenvalue weighted by Crippen LogP contribution is -2.14. The highest BCUT2D eigenvalue weighted by Gasteiger charge is 2.24. The lowest BCUT2D eigenvalue weighted by molar-refractivity contribution is 0.1000. The molecule has 1 amide bonds. The van der Waals surface area contributed by atoms with Gasteiger partial charge in [0.1, 0.15) is 6.33 Å². The molecule has 0 radical (unpaired) electrons. The number of hydrogen-bond acceptors (Lipinski definition) is 5. The number of nitrogens with zero attached hydrogens (tertiary/aromatic N) is 2. The third-order valence-electron chi connectivity index (χ3n) is 4.96. The smallest absolute Gasteiger partial charge is 0.249 e. The Balaban J connectivity index is 1.97. The number of hydrogen-bond donors (Lipinski definition) is 1. The number of ether oxygens (including phenoxy) is 3. The summed E-state index contributed by atoms with van der Waals surface area (Å²) in [5.41, 5.74) is 10.0. The minimum absolute atomic E-state index is 0.275. The molecule has 4 rings (SSSR count). The molecule has 3 aromatic carbocycles. The van der Waals surface area contributed by atoms with E-state index in [1.54, 1.807) is 12.4 Å². The number of aromatic nitrogens is 2. The van der Waals surface area contributed by atoms with Crippen LogP contribution in [0.5, 0.6) is 17.2 Å². The van der Waals surface area contributed by atoms with Crippen molar-refractivity contribution in [3.63, 3.8) is 0 Å². The SMILES string of the molecule is COc1cc(C(N)=O)c(-c2cccc(-n3cnc4ccccc43)c2)c(OC)c1OC. The fourth-order valence-corrected chi connectivity index (χ4v) is 3.61. The standard InChI is InChI=1S/C23H21N3O4/c1-28-19-12-16(23(24)27)20(22(30-3)21(19)29-2)14-7-6-8-15(11-14)26-13-25-17-9-4-5-10-18(17)26/h4-13H,1-3H3,(H2,24,27). The van der Waals surface area contributed by atoms with Gasteiger partial charge in [0.15, 0.2) is 11.5 Å². The third kappa shape index (κ3) is 3.10. The minimum atomic E-state index is -0.595. The van der Waals surface area contributed by atoms with Crippen molar-refractivity contribution < 1.29 is 19.0 Å². The fraction of sp³-hybridized carbons (Fsp3) is 0.130. The molecule has 0 fully saturated rings. The average Bonchev–Trinajstić information content (AvgIpc) is 3.21. The van der Waals surface area contributed by atoms with Crippen molar-refractivity contribution in [2.45, 2.75) is 0 Å². The van der Waals surface area contributed by atoms with Gasteiger partial charge in [-0.15, -0.1) is 0 Å². The molecule has 0 unspecified atom stereocenters. The van der Waals surface area contributed by atoms with Crippen LogP contribution in [0.2, 0.25) is 0 Å². The van der Waals surface area contributed by atoms with Crippen LogP contribution in [-0.4, -0.2) is 36.8 Å². The summed E-state index contributed by atoms with van der Waals surface area (Å²) in [4.78, 5) is 16.7. The Labute approximate surface area is 173 Å².